The average molecular weight is 286 g/mol. The highest BCUT2D eigenvalue weighted by molar-refractivity contribution is 7.80. The number of hydrogen-bond acceptors (Lipinski definition) is 2. The summed E-state index contributed by atoms with van der Waals surface area (Å²) in [7, 11) is 2.35. The molecular weight excluding hydrogens is 250 g/mol. The van der Waals surface area contributed by atoms with Crippen LogP contribution < -0.4 is 0 Å². The van der Waals surface area contributed by atoms with Crippen molar-refractivity contribution in [1.82, 2.24) is 4.90 Å². The molecule has 1 aliphatic carbocycles. The van der Waals surface area contributed by atoms with Gasteiger partial charge in [0.1, 0.15) is 0 Å². The summed E-state index contributed by atoms with van der Waals surface area (Å²) in [6, 6.07) is 0.865. The third-order valence-corrected chi connectivity index (χ3v) is 5.12. The second-order valence-corrected chi connectivity index (χ2v) is 6.96. The minimum absolute atomic E-state index is 0.865. The summed E-state index contributed by atoms with van der Waals surface area (Å²) in [5, 5.41) is 0. The lowest BCUT2D eigenvalue weighted by Gasteiger charge is -2.36. The summed E-state index contributed by atoms with van der Waals surface area (Å²) < 4.78 is 0. The summed E-state index contributed by atoms with van der Waals surface area (Å²) in [6.07, 6.45) is 15.5. The molecule has 0 radical (unpaired) electrons. The van der Waals surface area contributed by atoms with Crippen LogP contribution in [0.5, 0.6) is 0 Å². The first-order valence-corrected chi connectivity index (χ1v) is 9.20. The molecule has 0 saturated heterocycles. The first-order chi connectivity index (χ1) is 9.25. The predicted molar refractivity (Wildman–Crippen MR) is 90.2 cm³/mol. The molecule has 114 valence electrons. The van der Waals surface area contributed by atoms with Gasteiger partial charge in [0.2, 0.25) is 0 Å². The van der Waals surface area contributed by atoms with E-state index in [0.29, 0.717) is 0 Å². The van der Waals surface area contributed by atoms with E-state index in [9.17, 15) is 0 Å². The normalized spacial score (nSPS) is 24.0. The molecule has 1 saturated carbocycles. The molecule has 2 unspecified atom stereocenters. The monoisotopic (exact) mass is 285 g/mol. The summed E-state index contributed by atoms with van der Waals surface area (Å²) in [6.45, 7) is 3.76. The van der Waals surface area contributed by atoms with Crippen LogP contribution >= 0.6 is 12.6 Å². The van der Waals surface area contributed by atoms with Crippen LogP contribution in [0.3, 0.4) is 0 Å². The molecule has 0 spiro atoms. The van der Waals surface area contributed by atoms with E-state index in [-0.39, 0.29) is 0 Å². The fourth-order valence-corrected chi connectivity index (χ4v) is 3.70. The Morgan fingerprint density at radius 2 is 1.47 bits per heavy atom. The molecule has 0 aromatic heterocycles. The standard InChI is InChI=1S/C17H35NS/c1-16-12-8-9-13-17(16)18(2)14-10-6-4-3-5-7-11-15-19/h16-17,19H,3-15H2,1-2H3. The number of unbranched alkanes of at least 4 members (excludes halogenated alkanes) is 6. The van der Waals surface area contributed by atoms with Gasteiger partial charge in [0.05, 0.1) is 0 Å². The van der Waals surface area contributed by atoms with Gasteiger partial charge in [0, 0.05) is 6.04 Å². The van der Waals surface area contributed by atoms with Gasteiger partial charge in [-0.05, 0) is 50.9 Å². The predicted octanol–water partition coefficient (Wildman–Crippen LogP) is 5.16. The Hall–Kier alpha value is 0.310. The van der Waals surface area contributed by atoms with Crippen LogP contribution in [0, 0.1) is 5.92 Å². The van der Waals surface area contributed by atoms with E-state index in [0.717, 1.165) is 17.7 Å². The van der Waals surface area contributed by atoms with Crippen molar-refractivity contribution >= 4 is 12.6 Å². The quantitative estimate of drug-likeness (QED) is 0.429. The maximum atomic E-state index is 4.25. The molecule has 2 heteroatoms. The van der Waals surface area contributed by atoms with E-state index in [2.05, 4.69) is 31.5 Å². The third-order valence-electron chi connectivity index (χ3n) is 4.80. The Morgan fingerprint density at radius 1 is 0.895 bits per heavy atom. The molecule has 0 amide bonds. The second kappa shape index (κ2) is 11.0. The van der Waals surface area contributed by atoms with Crippen LogP contribution in [0.1, 0.15) is 77.6 Å². The average Bonchev–Trinajstić information content (AvgIpc) is 2.42. The minimum atomic E-state index is 0.865. The Balaban J connectivity index is 1.96. The molecule has 0 aromatic carbocycles. The van der Waals surface area contributed by atoms with Crippen molar-refractivity contribution in [3.63, 3.8) is 0 Å². The van der Waals surface area contributed by atoms with Crippen molar-refractivity contribution in [2.45, 2.75) is 83.6 Å². The SMILES string of the molecule is CC1CCCCC1N(C)CCCCCCCCCS. The lowest BCUT2D eigenvalue weighted by Crippen LogP contribution is -2.39. The van der Waals surface area contributed by atoms with Crippen LogP contribution in [0.4, 0.5) is 0 Å². The van der Waals surface area contributed by atoms with Gasteiger partial charge in [-0.1, -0.05) is 51.9 Å². The summed E-state index contributed by atoms with van der Waals surface area (Å²) in [4.78, 5) is 2.64. The zero-order valence-corrected chi connectivity index (χ0v) is 14.1. The van der Waals surface area contributed by atoms with E-state index < -0.39 is 0 Å². The van der Waals surface area contributed by atoms with E-state index in [1.807, 2.05) is 0 Å². The minimum Gasteiger partial charge on any atom is -0.303 e. The van der Waals surface area contributed by atoms with E-state index in [4.69, 9.17) is 0 Å². The molecule has 2 atom stereocenters. The maximum absolute atomic E-state index is 4.25. The number of hydrogen-bond donors (Lipinski definition) is 1. The second-order valence-electron chi connectivity index (χ2n) is 6.51. The molecule has 19 heavy (non-hydrogen) atoms. The van der Waals surface area contributed by atoms with Gasteiger partial charge in [-0.15, -0.1) is 0 Å². The van der Waals surface area contributed by atoms with Crippen molar-refractivity contribution in [3.8, 4) is 0 Å². The zero-order valence-electron chi connectivity index (χ0n) is 13.2. The highest BCUT2D eigenvalue weighted by Crippen LogP contribution is 2.27. The van der Waals surface area contributed by atoms with Crippen molar-refractivity contribution in [2.24, 2.45) is 5.92 Å². The topological polar surface area (TPSA) is 3.24 Å². The van der Waals surface area contributed by atoms with Gasteiger partial charge < -0.3 is 4.90 Å². The molecule has 0 bridgehead atoms. The first kappa shape index (κ1) is 17.4. The Morgan fingerprint density at radius 3 is 2.11 bits per heavy atom. The summed E-state index contributed by atoms with van der Waals surface area (Å²) >= 11 is 4.25. The maximum Gasteiger partial charge on any atom is 0.0118 e. The highest BCUT2D eigenvalue weighted by atomic mass is 32.1. The zero-order chi connectivity index (χ0) is 13.9. The molecule has 1 aliphatic rings. The van der Waals surface area contributed by atoms with E-state index in [1.165, 1.54) is 77.2 Å². The van der Waals surface area contributed by atoms with Gasteiger partial charge in [0.25, 0.3) is 0 Å². The summed E-state index contributed by atoms with van der Waals surface area (Å²) in [5.74, 6) is 1.98. The molecule has 1 nitrogen and oxygen atoms in total. The molecule has 0 aromatic rings. The Bertz CT molecular complexity index is 207. The fraction of sp³-hybridized carbons (Fsp3) is 1.00. The number of nitrogens with zero attached hydrogens (tertiary/aromatic N) is 1. The molecule has 1 fully saturated rings. The number of rotatable bonds is 10. The van der Waals surface area contributed by atoms with E-state index >= 15 is 0 Å². The lowest BCUT2D eigenvalue weighted by molar-refractivity contribution is 0.137. The Kier molecular flexibility index (Phi) is 10.1. The summed E-state index contributed by atoms with van der Waals surface area (Å²) in [5.41, 5.74) is 0. The van der Waals surface area contributed by atoms with Gasteiger partial charge in [-0.2, -0.15) is 12.6 Å². The highest BCUT2D eigenvalue weighted by Gasteiger charge is 2.24. The molecule has 0 aliphatic heterocycles. The van der Waals surface area contributed by atoms with Crippen molar-refractivity contribution in [3.05, 3.63) is 0 Å². The van der Waals surface area contributed by atoms with Crippen LogP contribution in [0.25, 0.3) is 0 Å². The van der Waals surface area contributed by atoms with Crippen LogP contribution in [0.15, 0.2) is 0 Å². The van der Waals surface area contributed by atoms with Gasteiger partial charge in [-0.25, -0.2) is 0 Å². The largest absolute Gasteiger partial charge is 0.303 e. The van der Waals surface area contributed by atoms with Gasteiger partial charge in [-0.3, -0.25) is 0 Å². The van der Waals surface area contributed by atoms with E-state index in [1.54, 1.807) is 0 Å². The van der Waals surface area contributed by atoms with Crippen molar-refractivity contribution in [2.75, 3.05) is 19.3 Å². The Labute approximate surface area is 126 Å². The van der Waals surface area contributed by atoms with Crippen molar-refractivity contribution < 1.29 is 0 Å². The lowest BCUT2D eigenvalue weighted by atomic mass is 9.85. The first-order valence-electron chi connectivity index (χ1n) is 8.57. The fourth-order valence-electron chi connectivity index (χ4n) is 3.47. The molecule has 0 heterocycles. The number of thiol groups is 1. The van der Waals surface area contributed by atoms with Crippen LogP contribution in [0.2, 0.25) is 0 Å². The van der Waals surface area contributed by atoms with Crippen LogP contribution in [-0.2, 0) is 0 Å². The molecule has 1 rings (SSSR count). The molecule has 0 N–H and O–H groups in total. The molecular formula is C17H35NS. The van der Waals surface area contributed by atoms with Crippen molar-refractivity contribution in [1.29, 1.82) is 0 Å². The smallest absolute Gasteiger partial charge is 0.0118 e. The van der Waals surface area contributed by atoms with Gasteiger partial charge in [0.15, 0.2) is 0 Å². The van der Waals surface area contributed by atoms with Crippen LogP contribution in [-0.4, -0.2) is 30.3 Å². The van der Waals surface area contributed by atoms with Gasteiger partial charge >= 0.3 is 0 Å². The third kappa shape index (κ3) is 7.60.